The highest BCUT2D eigenvalue weighted by Gasteiger charge is 2.39. The van der Waals surface area contributed by atoms with Gasteiger partial charge in [-0.15, -0.1) is 0 Å². The average molecular weight is 451 g/mol. The molecule has 0 aliphatic carbocycles. The van der Waals surface area contributed by atoms with Gasteiger partial charge in [0.2, 0.25) is 0 Å². The molecule has 0 atom stereocenters. The zero-order chi connectivity index (χ0) is 19.4. The molecule has 0 bridgehead atoms. The monoisotopic (exact) mass is 450 g/mol. The van der Waals surface area contributed by atoms with Crippen LogP contribution in [0.25, 0.3) is 0 Å². The van der Waals surface area contributed by atoms with E-state index in [0.29, 0.717) is 4.09 Å². The maximum absolute atomic E-state index is 12.9. The topological polar surface area (TPSA) is 52.0 Å². The van der Waals surface area contributed by atoms with Gasteiger partial charge in [0, 0.05) is 0 Å². The number of rotatable bonds is 2. The first-order valence-electron chi connectivity index (χ1n) is 6.42. The summed E-state index contributed by atoms with van der Waals surface area (Å²) in [4.78, 5) is -1.16. The average Bonchev–Trinajstić information content (AvgIpc) is 2.73. The molecule has 0 N–H and O–H groups in total. The largest absolute Gasteiger partial charge is 0.416 e. The molecule has 4 nitrogen and oxygen atoms in total. The maximum atomic E-state index is 12.9. The summed E-state index contributed by atoms with van der Waals surface area (Å²) >= 11 is 3.05. The van der Waals surface area contributed by atoms with E-state index in [1.807, 2.05) is 0 Å². The third-order valence-corrected chi connectivity index (χ3v) is 6.04. The quantitative estimate of drug-likeness (QED) is 0.631. The summed E-state index contributed by atoms with van der Waals surface area (Å²) in [6, 6.07) is 0.153. The Morgan fingerprint density at radius 2 is 1.40 bits per heavy atom. The van der Waals surface area contributed by atoms with Gasteiger partial charge in [-0.05, 0) is 48.0 Å². The smallest absolute Gasteiger partial charge is 0.199 e. The molecule has 0 spiro atoms. The van der Waals surface area contributed by atoms with E-state index in [1.54, 1.807) is 0 Å². The number of nitrogens with zero attached hydrogens (tertiary/aromatic N) is 2. The summed E-state index contributed by atoms with van der Waals surface area (Å²) in [6.07, 6.45) is -10.3. The predicted molar refractivity (Wildman–Crippen MR) is 78.4 cm³/mol. The Morgan fingerprint density at radius 3 is 1.72 bits per heavy atom. The Morgan fingerprint density at radius 1 is 0.960 bits per heavy atom. The first-order chi connectivity index (χ1) is 11.2. The molecule has 1 aromatic carbocycles. The number of aromatic nitrogens is 2. The first kappa shape index (κ1) is 19.8. The van der Waals surface area contributed by atoms with E-state index in [9.17, 15) is 34.8 Å². The second-order valence-corrected chi connectivity index (χ2v) is 7.63. The van der Waals surface area contributed by atoms with Gasteiger partial charge in [-0.3, -0.25) is 0 Å². The lowest BCUT2D eigenvalue weighted by Gasteiger charge is -2.15. The minimum Gasteiger partial charge on any atom is -0.199 e. The van der Waals surface area contributed by atoms with Gasteiger partial charge in [0.05, 0.1) is 31.9 Å². The third kappa shape index (κ3) is 3.68. The standard InChI is InChI=1S/C13H9BrF6N2O2S/c1-6-11(14)7(2)22(21-6)25(23,24)10-4-8(12(15,16)17)3-9(5-10)13(18,19)20/h3-5H,1-2H3. The second-order valence-electron chi connectivity index (χ2n) is 5.07. The maximum Gasteiger partial charge on any atom is 0.416 e. The fraction of sp³-hybridized carbons (Fsp3) is 0.308. The van der Waals surface area contributed by atoms with Gasteiger partial charge in [0.15, 0.2) is 0 Å². The molecule has 25 heavy (non-hydrogen) atoms. The Bertz CT molecular complexity index is 899. The van der Waals surface area contributed by atoms with Crippen molar-refractivity contribution < 1.29 is 34.8 Å². The highest BCUT2D eigenvalue weighted by molar-refractivity contribution is 9.10. The number of aryl methyl sites for hydroxylation is 1. The summed E-state index contributed by atoms with van der Waals surface area (Å²) in [5.41, 5.74) is -3.21. The molecule has 2 aromatic rings. The zero-order valence-electron chi connectivity index (χ0n) is 12.5. The van der Waals surface area contributed by atoms with E-state index in [4.69, 9.17) is 0 Å². The van der Waals surface area contributed by atoms with Gasteiger partial charge in [0.1, 0.15) is 0 Å². The highest BCUT2D eigenvalue weighted by atomic mass is 79.9. The van der Waals surface area contributed by atoms with E-state index in [2.05, 4.69) is 21.0 Å². The van der Waals surface area contributed by atoms with Crippen molar-refractivity contribution in [3.05, 3.63) is 45.2 Å². The van der Waals surface area contributed by atoms with Crippen LogP contribution in [-0.2, 0) is 22.4 Å². The van der Waals surface area contributed by atoms with E-state index in [0.717, 1.165) is 0 Å². The summed E-state index contributed by atoms with van der Waals surface area (Å²) in [6.45, 7) is 2.73. The Labute approximate surface area is 146 Å². The lowest BCUT2D eigenvalue weighted by Crippen LogP contribution is -2.19. The minimum atomic E-state index is -5.15. The molecule has 1 aromatic heterocycles. The van der Waals surface area contributed by atoms with Crippen molar-refractivity contribution in [3.8, 4) is 0 Å². The molecule has 0 saturated carbocycles. The van der Waals surface area contributed by atoms with Gasteiger partial charge in [-0.25, -0.2) is 0 Å². The van der Waals surface area contributed by atoms with Crippen LogP contribution in [0.15, 0.2) is 27.6 Å². The Balaban J connectivity index is 2.79. The van der Waals surface area contributed by atoms with Gasteiger partial charge < -0.3 is 0 Å². The fourth-order valence-corrected chi connectivity index (χ4v) is 3.81. The predicted octanol–water partition coefficient (Wildman–Crippen LogP) is 4.54. The number of hydrogen-bond donors (Lipinski definition) is 0. The van der Waals surface area contributed by atoms with E-state index < -0.39 is 38.4 Å². The molecule has 2 rings (SSSR count). The van der Waals surface area contributed by atoms with E-state index in [-0.39, 0.29) is 34.1 Å². The third-order valence-electron chi connectivity index (χ3n) is 3.25. The van der Waals surface area contributed by atoms with Crippen LogP contribution in [0.1, 0.15) is 22.5 Å². The van der Waals surface area contributed by atoms with Crippen molar-refractivity contribution >= 4 is 26.0 Å². The normalized spacial score (nSPS) is 13.3. The number of halogens is 7. The van der Waals surface area contributed by atoms with Crippen LogP contribution in [-0.4, -0.2) is 17.6 Å². The SMILES string of the molecule is Cc1nn(S(=O)(=O)c2cc(C(F)(F)F)cc(C(F)(F)F)c2)c(C)c1Br. The molecule has 12 heteroatoms. The Kier molecular flexibility index (Phi) is 4.75. The first-order valence-corrected chi connectivity index (χ1v) is 8.66. The molecule has 0 fully saturated rings. The lowest BCUT2D eigenvalue weighted by atomic mass is 10.1. The van der Waals surface area contributed by atoms with Crippen LogP contribution in [0.3, 0.4) is 0 Å². The molecular weight excluding hydrogens is 442 g/mol. The number of hydrogen-bond acceptors (Lipinski definition) is 3. The van der Waals surface area contributed by atoms with E-state index >= 15 is 0 Å². The van der Waals surface area contributed by atoms with Crippen molar-refractivity contribution in [3.63, 3.8) is 0 Å². The molecule has 138 valence electrons. The van der Waals surface area contributed by atoms with Crippen molar-refractivity contribution in [2.45, 2.75) is 31.1 Å². The van der Waals surface area contributed by atoms with E-state index in [1.165, 1.54) is 13.8 Å². The highest BCUT2D eigenvalue weighted by Crippen LogP contribution is 2.38. The van der Waals surface area contributed by atoms with Crippen LogP contribution in [0.5, 0.6) is 0 Å². The van der Waals surface area contributed by atoms with Crippen molar-refractivity contribution in [2.75, 3.05) is 0 Å². The molecule has 0 unspecified atom stereocenters. The molecule has 0 aliphatic heterocycles. The van der Waals surface area contributed by atoms with Gasteiger partial charge in [0.25, 0.3) is 10.0 Å². The van der Waals surface area contributed by atoms with Crippen molar-refractivity contribution in [1.82, 2.24) is 9.19 Å². The van der Waals surface area contributed by atoms with Gasteiger partial charge in [-0.2, -0.15) is 43.9 Å². The molecule has 0 aliphatic rings. The zero-order valence-corrected chi connectivity index (χ0v) is 14.9. The van der Waals surface area contributed by atoms with Crippen LogP contribution >= 0.6 is 15.9 Å². The van der Waals surface area contributed by atoms with Crippen LogP contribution in [0, 0.1) is 13.8 Å². The van der Waals surface area contributed by atoms with Crippen LogP contribution in [0.4, 0.5) is 26.3 Å². The number of benzene rings is 1. The summed E-state index contributed by atoms with van der Waals surface area (Å²) in [7, 11) is -4.76. The van der Waals surface area contributed by atoms with Crippen molar-refractivity contribution in [1.29, 1.82) is 0 Å². The molecule has 1 heterocycles. The van der Waals surface area contributed by atoms with Gasteiger partial charge >= 0.3 is 12.4 Å². The summed E-state index contributed by atoms with van der Waals surface area (Å²) in [5.74, 6) is 0. The molecular formula is C13H9BrF6N2O2S. The molecule has 0 amide bonds. The van der Waals surface area contributed by atoms with Crippen LogP contribution < -0.4 is 0 Å². The Hall–Kier alpha value is -1.56. The minimum absolute atomic E-state index is 0.0171. The lowest BCUT2D eigenvalue weighted by molar-refractivity contribution is -0.143. The molecule has 0 radical (unpaired) electrons. The summed E-state index contributed by atoms with van der Waals surface area (Å²) in [5, 5.41) is 3.66. The number of alkyl halides is 6. The van der Waals surface area contributed by atoms with Crippen LogP contribution in [0.2, 0.25) is 0 Å². The second kappa shape index (κ2) is 6.01. The summed E-state index contributed by atoms with van der Waals surface area (Å²) < 4.78 is 103. The van der Waals surface area contributed by atoms with Crippen molar-refractivity contribution in [2.24, 2.45) is 0 Å². The molecule has 0 saturated heterocycles. The fourth-order valence-electron chi connectivity index (χ4n) is 2.01. The van der Waals surface area contributed by atoms with Gasteiger partial charge in [-0.1, -0.05) is 0 Å².